The number of nitrogens with one attached hydrogen (secondary N) is 3. The number of nitrogens with zero attached hydrogens (tertiary/aromatic N) is 1. The zero-order valence-electron chi connectivity index (χ0n) is 12.3. The van der Waals surface area contributed by atoms with Gasteiger partial charge < -0.3 is 20.7 Å². The Morgan fingerprint density at radius 1 is 1.25 bits per heavy atom. The lowest BCUT2D eigenvalue weighted by atomic mass is 10.1. The van der Waals surface area contributed by atoms with Crippen molar-refractivity contribution in [3.8, 4) is 11.1 Å². The van der Waals surface area contributed by atoms with Gasteiger partial charge in [0.25, 0.3) is 0 Å². The Kier molecular flexibility index (Phi) is 4.11. The largest absolute Gasteiger partial charge is 0.465 e. The topological polar surface area (TPSA) is 107 Å². The molecule has 0 radical (unpaired) electrons. The molecule has 0 fully saturated rings. The number of amides is 2. The quantitative estimate of drug-likeness (QED) is 0.590. The van der Waals surface area contributed by atoms with E-state index in [9.17, 15) is 14.0 Å². The average molecular weight is 328 g/mol. The van der Waals surface area contributed by atoms with Gasteiger partial charge in [-0.15, -0.1) is 0 Å². The molecule has 2 amide bonds. The summed E-state index contributed by atoms with van der Waals surface area (Å²) in [6, 6.07) is 7.85. The first kappa shape index (κ1) is 15.5. The molecule has 0 saturated heterocycles. The van der Waals surface area contributed by atoms with Gasteiger partial charge in [-0.25, -0.2) is 14.2 Å². The van der Waals surface area contributed by atoms with E-state index in [4.69, 9.17) is 5.11 Å². The predicted molar refractivity (Wildman–Crippen MR) is 86.1 cm³/mol. The number of rotatable bonds is 4. The Bertz CT molecular complexity index is 905. The predicted octanol–water partition coefficient (Wildman–Crippen LogP) is 2.58. The van der Waals surface area contributed by atoms with E-state index < -0.39 is 12.0 Å². The lowest BCUT2D eigenvalue weighted by Crippen LogP contribution is -2.31. The highest BCUT2D eigenvalue weighted by molar-refractivity contribution is 5.96. The van der Waals surface area contributed by atoms with Crippen LogP contribution in [0.5, 0.6) is 0 Å². The molecule has 0 aliphatic carbocycles. The number of aromatic nitrogens is 2. The molecular weight excluding hydrogens is 315 g/mol. The molecule has 0 unspecified atom stereocenters. The van der Waals surface area contributed by atoms with Gasteiger partial charge in [0, 0.05) is 34.4 Å². The maximum absolute atomic E-state index is 13.2. The number of pyridine rings is 1. The maximum Gasteiger partial charge on any atom is 0.405 e. The van der Waals surface area contributed by atoms with Crippen LogP contribution in [0.25, 0.3) is 22.0 Å². The molecule has 0 aliphatic rings. The Morgan fingerprint density at radius 2 is 2.08 bits per heavy atom. The van der Waals surface area contributed by atoms with E-state index in [0.717, 1.165) is 16.5 Å². The highest BCUT2D eigenvalue weighted by Crippen LogP contribution is 2.28. The number of benzene rings is 1. The van der Waals surface area contributed by atoms with Crippen LogP contribution < -0.4 is 10.6 Å². The van der Waals surface area contributed by atoms with Crippen LogP contribution in [0.2, 0.25) is 0 Å². The highest BCUT2D eigenvalue weighted by atomic mass is 19.1. The third kappa shape index (κ3) is 3.32. The summed E-state index contributed by atoms with van der Waals surface area (Å²) in [6.45, 7) is -0.354. The molecule has 7 nitrogen and oxygen atoms in total. The first-order valence-electron chi connectivity index (χ1n) is 7.02. The van der Waals surface area contributed by atoms with Crippen molar-refractivity contribution < 1.29 is 19.1 Å². The number of anilines is 1. The molecule has 1 aromatic carbocycles. The standard InChI is InChI=1S/C16H13FN4O3/c17-10-2-3-11-12(7-18-13(11)5-10)9-1-4-14(19-6-9)21-15(22)8-20-16(23)24/h1-7,18,20H,8H2,(H,23,24)(H,19,21,22). The fourth-order valence-electron chi connectivity index (χ4n) is 2.31. The van der Waals surface area contributed by atoms with Gasteiger partial charge in [-0.1, -0.05) is 0 Å². The number of hydrogen-bond acceptors (Lipinski definition) is 3. The SMILES string of the molecule is O=C(O)NCC(=O)Nc1ccc(-c2c[nH]c3cc(F)ccc23)cn1. The van der Waals surface area contributed by atoms with Gasteiger partial charge in [0.2, 0.25) is 5.91 Å². The second-order valence-electron chi connectivity index (χ2n) is 5.03. The van der Waals surface area contributed by atoms with Gasteiger partial charge in [0.15, 0.2) is 0 Å². The van der Waals surface area contributed by atoms with E-state index in [1.165, 1.54) is 12.1 Å². The fraction of sp³-hybridized carbons (Fsp3) is 0.0625. The van der Waals surface area contributed by atoms with Crippen LogP contribution >= 0.6 is 0 Å². The van der Waals surface area contributed by atoms with Crippen molar-refractivity contribution in [3.05, 3.63) is 48.5 Å². The maximum atomic E-state index is 13.2. The number of carbonyl (C=O) groups excluding carboxylic acids is 1. The van der Waals surface area contributed by atoms with Crippen molar-refractivity contribution in [3.63, 3.8) is 0 Å². The summed E-state index contributed by atoms with van der Waals surface area (Å²) in [7, 11) is 0. The van der Waals surface area contributed by atoms with Crippen molar-refractivity contribution in [2.75, 3.05) is 11.9 Å². The van der Waals surface area contributed by atoms with Crippen LogP contribution in [-0.4, -0.2) is 33.6 Å². The van der Waals surface area contributed by atoms with Crippen LogP contribution in [0.15, 0.2) is 42.7 Å². The third-order valence-corrected chi connectivity index (χ3v) is 3.39. The van der Waals surface area contributed by atoms with Crippen LogP contribution in [0, 0.1) is 5.82 Å². The second-order valence-corrected chi connectivity index (χ2v) is 5.03. The van der Waals surface area contributed by atoms with Crippen LogP contribution in [0.1, 0.15) is 0 Å². The summed E-state index contributed by atoms with van der Waals surface area (Å²) < 4.78 is 13.2. The van der Waals surface area contributed by atoms with Gasteiger partial charge in [-0.05, 0) is 30.3 Å². The number of carboxylic acid groups (broad SMARTS) is 1. The summed E-state index contributed by atoms with van der Waals surface area (Å²) in [5.74, 6) is -0.524. The Hall–Kier alpha value is -3.42. The number of fused-ring (bicyclic) bond motifs is 1. The van der Waals surface area contributed by atoms with Gasteiger partial charge in [0.05, 0.1) is 0 Å². The number of H-pyrrole nitrogens is 1. The van der Waals surface area contributed by atoms with Gasteiger partial charge in [0.1, 0.15) is 18.2 Å². The van der Waals surface area contributed by atoms with Crippen LogP contribution in [-0.2, 0) is 4.79 Å². The molecule has 24 heavy (non-hydrogen) atoms. The summed E-state index contributed by atoms with van der Waals surface area (Å²) in [4.78, 5) is 29.0. The number of aromatic amines is 1. The first-order chi connectivity index (χ1) is 11.5. The lowest BCUT2D eigenvalue weighted by molar-refractivity contribution is -0.115. The molecule has 0 aliphatic heterocycles. The molecule has 0 bridgehead atoms. The van der Waals surface area contributed by atoms with Gasteiger partial charge in [-0.2, -0.15) is 0 Å². The normalized spacial score (nSPS) is 10.5. The number of hydrogen-bond donors (Lipinski definition) is 4. The van der Waals surface area contributed by atoms with Crippen molar-refractivity contribution in [2.24, 2.45) is 0 Å². The second kappa shape index (κ2) is 6.37. The monoisotopic (exact) mass is 328 g/mol. The molecule has 4 N–H and O–H groups in total. The van der Waals surface area contributed by atoms with Crippen LogP contribution in [0.3, 0.4) is 0 Å². The minimum Gasteiger partial charge on any atom is -0.465 e. The Balaban J connectivity index is 1.76. The van der Waals surface area contributed by atoms with E-state index >= 15 is 0 Å². The average Bonchev–Trinajstić information content (AvgIpc) is 2.96. The molecule has 2 heterocycles. The molecule has 2 aromatic heterocycles. The third-order valence-electron chi connectivity index (χ3n) is 3.39. The summed E-state index contributed by atoms with van der Waals surface area (Å²) >= 11 is 0. The molecule has 8 heteroatoms. The first-order valence-corrected chi connectivity index (χ1v) is 7.02. The molecule has 3 rings (SSSR count). The van der Waals surface area contributed by atoms with E-state index in [0.29, 0.717) is 11.3 Å². The van der Waals surface area contributed by atoms with Gasteiger partial charge in [-0.3, -0.25) is 4.79 Å². The molecular formula is C16H13FN4O3. The zero-order valence-corrected chi connectivity index (χ0v) is 12.3. The molecule has 0 saturated carbocycles. The Labute approximate surface area is 135 Å². The minimum atomic E-state index is -1.27. The van der Waals surface area contributed by atoms with Crippen molar-refractivity contribution in [1.29, 1.82) is 0 Å². The van der Waals surface area contributed by atoms with E-state index in [1.807, 2.05) is 5.32 Å². The summed E-state index contributed by atoms with van der Waals surface area (Å²) in [5.41, 5.74) is 2.35. The lowest BCUT2D eigenvalue weighted by Gasteiger charge is -2.05. The highest BCUT2D eigenvalue weighted by Gasteiger charge is 2.09. The zero-order chi connectivity index (χ0) is 17.1. The fourth-order valence-corrected chi connectivity index (χ4v) is 2.31. The summed E-state index contributed by atoms with van der Waals surface area (Å²) in [5, 5.41) is 13.7. The number of carbonyl (C=O) groups is 2. The van der Waals surface area contributed by atoms with Crippen molar-refractivity contribution in [2.45, 2.75) is 0 Å². The van der Waals surface area contributed by atoms with E-state index in [1.54, 1.807) is 30.6 Å². The van der Waals surface area contributed by atoms with Crippen LogP contribution in [0.4, 0.5) is 15.0 Å². The van der Waals surface area contributed by atoms with Crippen molar-refractivity contribution >= 4 is 28.7 Å². The summed E-state index contributed by atoms with van der Waals surface area (Å²) in [6.07, 6.45) is 2.06. The molecule has 122 valence electrons. The van der Waals surface area contributed by atoms with Crippen molar-refractivity contribution in [1.82, 2.24) is 15.3 Å². The van der Waals surface area contributed by atoms with Gasteiger partial charge >= 0.3 is 6.09 Å². The van der Waals surface area contributed by atoms with E-state index in [2.05, 4.69) is 15.3 Å². The smallest absolute Gasteiger partial charge is 0.405 e. The molecule has 0 atom stereocenters. The van der Waals surface area contributed by atoms with E-state index in [-0.39, 0.29) is 12.4 Å². The molecule has 0 spiro atoms. The Morgan fingerprint density at radius 3 is 2.79 bits per heavy atom. The molecule has 3 aromatic rings. The minimum absolute atomic E-state index is 0.307. The number of halogens is 1.